The van der Waals surface area contributed by atoms with E-state index in [4.69, 9.17) is 4.74 Å². The predicted molar refractivity (Wildman–Crippen MR) is 92.0 cm³/mol. The zero-order valence-electron chi connectivity index (χ0n) is 14.9. The Hall–Kier alpha value is -1.73. The monoisotopic (exact) mass is 333 g/mol. The van der Waals surface area contributed by atoms with Crippen LogP contribution in [0, 0.1) is 6.92 Å². The number of morpholine rings is 1. The lowest BCUT2D eigenvalue weighted by atomic mass is 9.90. The SMILES string of the molecule is Cc1ccc(N2CCC[C@@]3(CN(C(=O)CN(C)C)CCO3)C2)nn1. The number of piperidine rings is 1. The van der Waals surface area contributed by atoms with Gasteiger partial charge in [-0.25, -0.2) is 0 Å². The van der Waals surface area contributed by atoms with Gasteiger partial charge in [-0.2, -0.15) is 5.10 Å². The standard InChI is InChI=1S/C17H27N5O2/c1-14-5-6-15(19-18-14)21-8-4-7-17(12-21)13-22(9-10-24-17)16(23)11-20(2)3/h5-6H,4,7-13H2,1-3H3/t17-/m0/s1. The number of carbonyl (C=O) groups excluding carboxylic acids is 1. The second kappa shape index (κ2) is 7.03. The Labute approximate surface area is 143 Å². The molecule has 2 aliphatic heterocycles. The van der Waals surface area contributed by atoms with Gasteiger partial charge < -0.3 is 19.4 Å². The molecule has 1 aromatic heterocycles. The van der Waals surface area contributed by atoms with E-state index in [0.29, 0.717) is 26.2 Å². The molecule has 3 heterocycles. The predicted octanol–water partition coefficient (Wildman–Crippen LogP) is 0.544. The van der Waals surface area contributed by atoms with Gasteiger partial charge in [0.1, 0.15) is 5.60 Å². The normalized spacial score (nSPS) is 24.7. The van der Waals surface area contributed by atoms with Gasteiger partial charge in [-0.1, -0.05) is 0 Å². The number of aryl methyl sites for hydroxylation is 1. The number of nitrogens with zero attached hydrogens (tertiary/aromatic N) is 5. The maximum atomic E-state index is 12.4. The van der Waals surface area contributed by atoms with Gasteiger partial charge in [0, 0.05) is 13.1 Å². The molecule has 1 aromatic rings. The van der Waals surface area contributed by atoms with Gasteiger partial charge >= 0.3 is 0 Å². The average Bonchev–Trinajstić information content (AvgIpc) is 2.55. The largest absolute Gasteiger partial charge is 0.369 e. The van der Waals surface area contributed by atoms with Crippen molar-refractivity contribution in [3.05, 3.63) is 17.8 Å². The molecule has 1 amide bonds. The Bertz CT molecular complexity index is 573. The number of carbonyl (C=O) groups is 1. The lowest BCUT2D eigenvalue weighted by molar-refractivity contribution is -0.152. The molecule has 0 aliphatic carbocycles. The number of ether oxygens (including phenoxy) is 1. The first kappa shape index (κ1) is 17.1. The summed E-state index contributed by atoms with van der Waals surface area (Å²) in [5.41, 5.74) is 0.630. The molecule has 2 aliphatic rings. The van der Waals surface area contributed by atoms with E-state index in [2.05, 4.69) is 15.1 Å². The maximum Gasteiger partial charge on any atom is 0.236 e. The summed E-state index contributed by atoms with van der Waals surface area (Å²) < 4.78 is 6.17. The number of likely N-dealkylation sites (N-methyl/N-ethyl adjacent to an activating group) is 1. The molecule has 2 fully saturated rings. The van der Waals surface area contributed by atoms with E-state index in [1.165, 1.54) is 0 Å². The number of aromatic nitrogens is 2. The first-order valence-electron chi connectivity index (χ1n) is 8.59. The third kappa shape index (κ3) is 3.84. The van der Waals surface area contributed by atoms with Crippen LogP contribution < -0.4 is 4.90 Å². The molecule has 0 bridgehead atoms. The van der Waals surface area contributed by atoms with Gasteiger partial charge in [0.2, 0.25) is 5.91 Å². The minimum atomic E-state index is -0.287. The van der Waals surface area contributed by atoms with Gasteiger partial charge in [-0.3, -0.25) is 4.79 Å². The van der Waals surface area contributed by atoms with Gasteiger partial charge in [-0.15, -0.1) is 5.10 Å². The highest BCUT2D eigenvalue weighted by atomic mass is 16.5. The zero-order chi connectivity index (χ0) is 17.2. The van der Waals surface area contributed by atoms with Crippen LogP contribution in [0.1, 0.15) is 18.5 Å². The van der Waals surface area contributed by atoms with Crippen LogP contribution in [0.25, 0.3) is 0 Å². The van der Waals surface area contributed by atoms with E-state index in [1.54, 1.807) is 0 Å². The molecule has 7 heteroatoms. The molecule has 0 saturated carbocycles. The molecule has 1 spiro atoms. The molecular formula is C17H27N5O2. The summed E-state index contributed by atoms with van der Waals surface area (Å²) in [6.45, 7) is 6.04. The lowest BCUT2D eigenvalue weighted by Crippen LogP contribution is -2.61. The van der Waals surface area contributed by atoms with E-state index < -0.39 is 0 Å². The fourth-order valence-corrected chi connectivity index (χ4v) is 3.53. The lowest BCUT2D eigenvalue weighted by Gasteiger charge is -2.48. The Morgan fingerprint density at radius 3 is 2.83 bits per heavy atom. The van der Waals surface area contributed by atoms with Crippen LogP contribution in [0.4, 0.5) is 5.82 Å². The summed E-state index contributed by atoms with van der Waals surface area (Å²) >= 11 is 0. The van der Waals surface area contributed by atoms with Crippen molar-refractivity contribution in [1.82, 2.24) is 20.0 Å². The van der Waals surface area contributed by atoms with Crippen molar-refractivity contribution in [2.24, 2.45) is 0 Å². The molecule has 0 unspecified atom stereocenters. The molecule has 24 heavy (non-hydrogen) atoms. The van der Waals surface area contributed by atoms with E-state index in [1.807, 2.05) is 43.0 Å². The highest BCUT2D eigenvalue weighted by Crippen LogP contribution is 2.31. The van der Waals surface area contributed by atoms with Crippen molar-refractivity contribution >= 4 is 11.7 Å². The van der Waals surface area contributed by atoms with Gasteiger partial charge in [0.25, 0.3) is 0 Å². The van der Waals surface area contributed by atoms with Crippen LogP contribution in [0.5, 0.6) is 0 Å². The van der Waals surface area contributed by atoms with Crippen molar-refractivity contribution in [2.75, 3.05) is 58.3 Å². The van der Waals surface area contributed by atoms with Crippen LogP contribution in [0.15, 0.2) is 12.1 Å². The van der Waals surface area contributed by atoms with Gasteiger partial charge in [0.05, 0.1) is 31.9 Å². The zero-order valence-corrected chi connectivity index (χ0v) is 14.9. The number of hydrogen-bond donors (Lipinski definition) is 0. The number of amides is 1. The molecule has 0 radical (unpaired) electrons. The fourth-order valence-electron chi connectivity index (χ4n) is 3.53. The average molecular weight is 333 g/mol. The Kier molecular flexibility index (Phi) is 5.01. The van der Waals surface area contributed by atoms with E-state index >= 15 is 0 Å². The van der Waals surface area contributed by atoms with Crippen LogP contribution in [0.3, 0.4) is 0 Å². The fraction of sp³-hybridized carbons (Fsp3) is 0.706. The van der Waals surface area contributed by atoms with Gasteiger partial charge in [-0.05, 0) is 46.0 Å². The van der Waals surface area contributed by atoms with Crippen LogP contribution in [-0.2, 0) is 9.53 Å². The Balaban J connectivity index is 1.70. The second-order valence-corrected chi connectivity index (χ2v) is 7.14. The molecule has 2 saturated heterocycles. The number of hydrogen-bond acceptors (Lipinski definition) is 6. The Morgan fingerprint density at radius 1 is 1.29 bits per heavy atom. The third-order valence-electron chi connectivity index (χ3n) is 4.70. The summed E-state index contributed by atoms with van der Waals surface area (Å²) in [6.07, 6.45) is 2.01. The van der Waals surface area contributed by atoms with Crippen molar-refractivity contribution in [2.45, 2.75) is 25.4 Å². The molecule has 1 atom stereocenters. The summed E-state index contributed by atoms with van der Waals surface area (Å²) in [4.78, 5) is 18.5. The van der Waals surface area contributed by atoms with Crippen LogP contribution in [-0.4, -0.2) is 84.9 Å². The van der Waals surface area contributed by atoms with Crippen molar-refractivity contribution in [3.63, 3.8) is 0 Å². The highest BCUT2D eigenvalue weighted by Gasteiger charge is 2.42. The minimum absolute atomic E-state index is 0.176. The summed E-state index contributed by atoms with van der Waals surface area (Å²) in [7, 11) is 3.85. The molecule has 7 nitrogen and oxygen atoms in total. The van der Waals surface area contributed by atoms with Crippen LogP contribution in [0.2, 0.25) is 0 Å². The Morgan fingerprint density at radius 2 is 2.12 bits per heavy atom. The quantitative estimate of drug-likeness (QED) is 0.805. The van der Waals surface area contributed by atoms with Gasteiger partial charge in [0.15, 0.2) is 5.82 Å². The third-order valence-corrected chi connectivity index (χ3v) is 4.70. The summed E-state index contributed by atoms with van der Waals surface area (Å²) in [5.74, 6) is 1.06. The van der Waals surface area contributed by atoms with Crippen molar-refractivity contribution in [3.8, 4) is 0 Å². The maximum absolute atomic E-state index is 12.4. The molecule has 3 rings (SSSR count). The number of anilines is 1. The van der Waals surface area contributed by atoms with E-state index in [-0.39, 0.29) is 11.5 Å². The minimum Gasteiger partial charge on any atom is -0.369 e. The first-order valence-corrected chi connectivity index (χ1v) is 8.59. The number of rotatable bonds is 3. The highest BCUT2D eigenvalue weighted by molar-refractivity contribution is 5.78. The first-order chi connectivity index (χ1) is 11.5. The molecule has 0 aromatic carbocycles. The van der Waals surface area contributed by atoms with Crippen LogP contribution >= 0.6 is 0 Å². The molecular weight excluding hydrogens is 306 g/mol. The topological polar surface area (TPSA) is 61.8 Å². The van der Waals surface area contributed by atoms with Crippen molar-refractivity contribution in [1.29, 1.82) is 0 Å². The smallest absolute Gasteiger partial charge is 0.236 e. The second-order valence-electron chi connectivity index (χ2n) is 7.14. The van der Waals surface area contributed by atoms with Crippen molar-refractivity contribution < 1.29 is 9.53 Å². The van der Waals surface area contributed by atoms with E-state index in [9.17, 15) is 4.79 Å². The molecule has 0 N–H and O–H groups in total. The van der Waals surface area contributed by atoms with E-state index in [0.717, 1.165) is 37.4 Å². The molecule has 132 valence electrons. The summed E-state index contributed by atoms with van der Waals surface area (Å²) in [5, 5.41) is 8.47. The summed E-state index contributed by atoms with van der Waals surface area (Å²) in [6, 6.07) is 4.00.